The molecule has 41 heavy (non-hydrogen) atoms. The number of aryl methyl sites for hydroxylation is 2. The van der Waals surface area contributed by atoms with E-state index in [-0.39, 0.29) is 23.4 Å². The SMILES string of the molecule is CCc1ccc(C(CCC(C)CCC2OC2(C)C)OC(CCC(C)CCC2OC2(C)C)c2ccc(CC)cn2)nc1. The van der Waals surface area contributed by atoms with E-state index < -0.39 is 0 Å². The number of pyridine rings is 2. The maximum Gasteiger partial charge on any atom is 0.100 e. The maximum atomic E-state index is 7.04. The van der Waals surface area contributed by atoms with Gasteiger partial charge >= 0.3 is 0 Å². The molecule has 2 aliphatic heterocycles. The first-order chi connectivity index (χ1) is 19.5. The zero-order chi connectivity index (χ0) is 29.6. The van der Waals surface area contributed by atoms with Crippen LogP contribution in [-0.2, 0) is 27.1 Å². The summed E-state index contributed by atoms with van der Waals surface area (Å²) in [6, 6.07) is 8.78. The normalized spacial score (nSPS) is 23.5. The van der Waals surface area contributed by atoms with Gasteiger partial charge < -0.3 is 14.2 Å². The molecule has 6 unspecified atom stereocenters. The van der Waals surface area contributed by atoms with Gasteiger partial charge in [0.05, 0.1) is 34.8 Å². The molecule has 228 valence electrons. The van der Waals surface area contributed by atoms with Crippen LogP contribution in [0.5, 0.6) is 0 Å². The Morgan fingerprint density at radius 2 is 1.05 bits per heavy atom. The summed E-state index contributed by atoms with van der Waals surface area (Å²) in [5.74, 6) is 1.23. The summed E-state index contributed by atoms with van der Waals surface area (Å²) in [5.41, 5.74) is 4.75. The van der Waals surface area contributed by atoms with Crippen molar-refractivity contribution in [1.82, 2.24) is 9.97 Å². The topological polar surface area (TPSA) is 60.1 Å². The van der Waals surface area contributed by atoms with Gasteiger partial charge in [-0.05, 0) is 127 Å². The molecule has 2 aromatic heterocycles. The molecule has 4 heterocycles. The number of hydrogen-bond donors (Lipinski definition) is 0. The standard InChI is InChI=1S/C36H56N2O3/c1-9-27-15-17-29(37-23-27)31(19-11-25(3)13-21-33-35(5,6)40-33)39-32(30-18-16-28(10-2)24-38-30)20-12-26(4)14-22-34-36(7,8)41-34/h15-18,23-26,31-34H,9-14,19-22H2,1-8H3. The van der Waals surface area contributed by atoms with Crippen molar-refractivity contribution in [3.63, 3.8) is 0 Å². The summed E-state index contributed by atoms with van der Waals surface area (Å²) in [5, 5.41) is 0. The largest absolute Gasteiger partial charge is 0.367 e. The Morgan fingerprint density at radius 1 is 0.659 bits per heavy atom. The molecule has 2 saturated heterocycles. The number of rotatable bonds is 18. The zero-order valence-corrected chi connectivity index (χ0v) is 27.1. The fourth-order valence-electron chi connectivity index (χ4n) is 5.95. The average molecular weight is 565 g/mol. The van der Waals surface area contributed by atoms with E-state index >= 15 is 0 Å². The fourth-order valence-corrected chi connectivity index (χ4v) is 5.95. The second-order valence-electron chi connectivity index (χ2n) is 13.9. The summed E-state index contributed by atoms with van der Waals surface area (Å²) in [6.45, 7) is 17.9. The van der Waals surface area contributed by atoms with Crippen molar-refractivity contribution < 1.29 is 14.2 Å². The van der Waals surface area contributed by atoms with E-state index in [4.69, 9.17) is 24.2 Å². The van der Waals surface area contributed by atoms with Crippen LogP contribution in [-0.4, -0.2) is 33.4 Å². The molecule has 0 bridgehead atoms. The van der Waals surface area contributed by atoms with Crippen LogP contribution in [0, 0.1) is 11.8 Å². The van der Waals surface area contributed by atoms with E-state index in [0.717, 1.165) is 62.8 Å². The maximum absolute atomic E-state index is 7.04. The van der Waals surface area contributed by atoms with Gasteiger partial charge in [-0.2, -0.15) is 0 Å². The first kappa shape index (κ1) is 32.1. The van der Waals surface area contributed by atoms with E-state index in [1.165, 1.54) is 24.0 Å². The molecule has 0 saturated carbocycles. The molecule has 2 aromatic rings. The second kappa shape index (κ2) is 14.1. The van der Waals surface area contributed by atoms with Crippen molar-refractivity contribution >= 4 is 0 Å². The number of epoxide rings is 2. The third-order valence-electron chi connectivity index (χ3n) is 9.51. The van der Waals surface area contributed by atoms with Crippen molar-refractivity contribution in [1.29, 1.82) is 0 Å². The molecular formula is C36H56N2O3. The molecule has 2 fully saturated rings. The highest BCUT2D eigenvalue weighted by Crippen LogP contribution is 2.41. The molecule has 0 radical (unpaired) electrons. The van der Waals surface area contributed by atoms with Gasteiger partial charge in [0, 0.05) is 12.4 Å². The highest BCUT2D eigenvalue weighted by Gasteiger charge is 2.47. The predicted molar refractivity (Wildman–Crippen MR) is 167 cm³/mol. The minimum absolute atomic E-state index is 0.0504. The first-order valence-corrected chi connectivity index (χ1v) is 16.4. The molecule has 0 amide bonds. The van der Waals surface area contributed by atoms with Crippen LogP contribution < -0.4 is 0 Å². The second-order valence-corrected chi connectivity index (χ2v) is 13.9. The lowest BCUT2D eigenvalue weighted by Gasteiger charge is -2.27. The van der Waals surface area contributed by atoms with Gasteiger partial charge in [0.25, 0.3) is 0 Å². The van der Waals surface area contributed by atoms with Crippen molar-refractivity contribution in [3.05, 3.63) is 59.2 Å². The number of aromatic nitrogens is 2. The molecule has 2 aliphatic rings. The van der Waals surface area contributed by atoms with E-state index in [1.807, 2.05) is 12.4 Å². The number of nitrogens with zero attached hydrogens (tertiary/aromatic N) is 2. The van der Waals surface area contributed by atoms with E-state index in [9.17, 15) is 0 Å². The predicted octanol–water partition coefficient (Wildman–Crippen LogP) is 9.15. The Hall–Kier alpha value is -1.82. The van der Waals surface area contributed by atoms with Crippen molar-refractivity contribution in [2.45, 2.75) is 155 Å². The molecule has 0 spiro atoms. The average Bonchev–Trinajstić information content (AvgIpc) is 3.81. The first-order valence-electron chi connectivity index (χ1n) is 16.4. The van der Waals surface area contributed by atoms with Crippen LogP contribution in [0.1, 0.15) is 141 Å². The molecule has 4 rings (SSSR count). The van der Waals surface area contributed by atoms with E-state index in [1.54, 1.807) is 0 Å². The highest BCUT2D eigenvalue weighted by atomic mass is 16.6. The summed E-state index contributed by atoms with van der Waals surface area (Å²) in [4.78, 5) is 9.78. The number of hydrogen-bond acceptors (Lipinski definition) is 5. The van der Waals surface area contributed by atoms with Crippen molar-refractivity contribution in [3.8, 4) is 0 Å². The molecule has 0 aliphatic carbocycles. The quantitative estimate of drug-likeness (QED) is 0.169. The van der Waals surface area contributed by atoms with Crippen LogP contribution in [0.25, 0.3) is 0 Å². The van der Waals surface area contributed by atoms with Crippen molar-refractivity contribution in [2.75, 3.05) is 0 Å². The van der Waals surface area contributed by atoms with Gasteiger partial charge in [-0.3, -0.25) is 9.97 Å². The lowest BCUT2D eigenvalue weighted by molar-refractivity contribution is -0.0336. The monoisotopic (exact) mass is 564 g/mol. The summed E-state index contributed by atoms with van der Waals surface area (Å²) in [7, 11) is 0. The smallest absolute Gasteiger partial charge is 0.100 e. The van der Waals surface area contributed by atoms with E-state index in [0.29, 0.717) is 24.0 Å². The van der Waals surface area contributed by atoms with Crippen molar-refractivity contribution in [2.24, 2.45) is 11.8 Å². The van der Waals surface area contributed by atoms with E-state index in [2.05, 4.69) is 79.7 Å². The van der Waals surface area contributed by atoms with Crippen LogP contribution in [0.4, 0.5) is 0 Å². The van der Waals surface area contributed by atoms with Gasteiger partial charge in [0.2, 0.25) is 0 Å². The molecular weight excluding hydrogens is 508 g/mol. The minimum atomic E-state index is -0.0504. The van der Waals surface area contributed by atoms with Crippen LogP contribution >= 0.6 is 0 Å². The Bertz CT molecular complexity index is 980. The Morgan fingerprint density at radius 3 is 1.34 bits per heavy atom. The van der Waals surface area contributed by atoms with Gasteiger partial charge in [0.1, 0.15) is 12.2 Å². The minimum Gasteiger partial charge on any atom is -0.367 e. The van der Waals surface area contributed by atoms with Gasteiger partial charge in [-0.15, -0.1) is 0 Å². The Kier molecular flexibility index (Phi) is 11.0. The van der Waals surface area contributed by atoms with Crippen LogP contribution in [0.15, 0.2) is 36.7 Å². The lowest BCUT2D eigenvalue weighted by atomic mass is 9.93. The Balaban J connectivity index is 1.43. The summed E-state index contributed by atoms with van der Waals surface area (Å²) in [6.07, 6.45) is 15.6. The molecule has 0 aromatic carbocycles. The molecule has 5 heteroatoms. The number of ether oxygens (including phenoxy) is 3. The van der Waals surface area contributed by atoms with Crippen LogP contribution in [0.3, 0.4) is 0 Å². The lowest BCUT2D eigenvalue weighted by Crippen LogP contribution is -2.16. The summed E-state index contributed by atoms with van der Waals surface area (Å²) < 4.78 is 18.7. The summed E-state index contributed by atoms with van der Waals surface area (Å²) >= 11 is 0. The van der Waals surface area contributed by atoms with Gasteiger partial charge in [0.15, 0.2) is 0 Å². The van der Waals surface area contributed by atoms with Gasteiger partial charge in [-0.25, -0.2) is 0 Å². The van der Waals surface area contributed by atoms with Crippen LogP contribution in [0.2, 0.25) is 0 Å². The zero-order valence-electron chi connectivity index (χ0n) is 27.1. The Labute approximate surface area is 250 Å². The van der Waals surface area contributed by atoms with Gasteiger partial charge in [-0.1, -0.05) is 39.8 Å². The highest BCUT2D eigenvalue weighted by molar-refractivity contribution is 5.18. The fraction of sp³-hybridized carbons (Fsp3) is 0.722. The molecule has 6 atom stereocenters. The third-order valence-corrected chi connectivity index (χ3v) is 9.51. The molecule has 5 nitrogen and oxygen atoms in total. The molecule has 0 N–H and O–H groups in total. The third kappa shape index (κ3) is 9.59.